The molecule has 5 nitrogen and oxygen atoms in total. The number of piperidine rings is 1. The lowest BCUT2D eigenvalue weighted by Gasteiger charge is -2.31. The number of nitrogens with one attached hydrogen (secondary N) is 1. The van der Waals surface area contributed by atoms with Crippen molar-refractivity contribution in [3.05, 3.63) is 23.2 Å². The van der Waals surface area contributed by atoms with Gasteiger partial charge in [-0.3, -0.25) is 4.98 Å². The fourth-order valence-corrected chi connectivity index (χ4v) is 2.46. The third-order valence-electron chi connectivity index (χ3n) is 3.61. The number of likely N-dealkylation sites (tertiary alicyclic amines) is 1. The molecule has 1 aliphatic heterocycles. The van der Waals surface area contributed by atoms with Crippen LogP contribution in [0.15, 0.2) is 12.4 Å². The van der Waals surface area contributed by atoms with E-state index in [0.29, 0.717) is 17.4 Å². The van der Waals surface area contributed by atoms with Gasteiger partial charge in [0, 0.05) is 25.5 Å². The standard InChI is InChI=1S/C13H19ClN4O/c1-2-10-3-7-18(8-4-10)13(19)17-9-11-12(14)16-6-5-15-11/h5-6,10H,2-4,7-9H2,1H3,(H,17,19). The molecule has 19 heavy (non-hydrogen) atoms. The maximum Gasteiger partial charge on any atom is 0.317 e. The Morgan fingerprint density at radius 2 is 2.11 bits per heavy atom. The van der Waals surface area contributed by atoms with Crippen LogP contribution in [0.25, 0.3) is 0 Å². The number of halogens is 1. The van der Waals surface area contributed by atoms with Gasteiger partial charge in [-0.1, -0.05) is 24.9 Å². The second kappa shape index (κ2) is 6.70. The van der Waals surface area contributed by atoms with Crippen LogP contribution in [0.4, 0.5) is 4.79 Å². The van der Waals surface area contributed by atoms with Crippen molar-refractivity contribution in [1.29, 1.82) is 0 Å². The summed E-state index contributed by atoms with van der Waals surface area (Å²) in [5, 5.41) is 3.18. The van der Waals surface area contributed by atoms with Gasteiger partial charge >= 0.3 is 6.03 Å². The van der Waals surface area contributed by atoms with Gasteiger partial charge < -0.3 is 10.2 Å². The lowest BCUT2D eigenvalue weighted by molar-refractivity contribution is 0.169. The minimum Gasteiger partial charge on any atom is -0.332 e. The number of urea groups is 1. The first-order valence-electron chi connectivity index (χ1n) is 6.69. The predicted octanol–water partition coefficient (Wildman–Crippen LogP) is 2.46. The van der Waals surface area contributed by atoms with E-state index in [1.807, 2.05) is 4.90 Å². The molecule has 6 heteroatoms. The number of hydrogen-bond acceptors (Lipinski definition) is 3. The minimum atomic E-state index is -0.0451. The Balaban J connectivity index is 1.81. The smallest absolute Gasteiger partial charge is 0.317 e. The van der Waals surface area contributed by atoms with Crippen LogP contribution in [0, 0.1) is 5.92 Å². The third-order valence-corrected chi connectivity index (χ3v) is 3.92. The van der Waals surface area contributed by atoms with Gasteiger partial charge in [0.05, 0.1) is 12.2 Å². The molecule has 0 atom stereocenters. The lowest BCUT2D eigenvalue weighted by atomic mass is 9.95. The molecule has 0 saturated carbocycles. The zero-order valence-electron chi connectivity index (χ0n) is 11.1. The highest BCUT2D eigenvalue weighted by Crippen LogP contribution is 2.19. The molecule has 2 heterocycles. The highest BCUT2D eigenvalue weighted by atomic mass is 35.5. The molecule has 1 aromatic rings. The van der Waals surface area contributed by atoms with Crippen molar-refractivity contribution in [2.75, 3.05) is 13.1 Å². The molecule has 1 aromatic heterocycles. The number of carbonyl (C=O) groups excluding carboxylic acids is 1. The Morgan fingerprint density at radius 1 is 1.42 bits per heavy atom. The fourth-order valence-electron chi connectivity index (χ4n) is 2.28. The molecule has 0 spiro atoms. The van der Waals surface area contributed by atoms with E-state index in [-0.39, 0.29) is 6.03 Å². The monoisotopic (exact) mass is 282 g/mol. The van der Waals surface area contributed by atoms with E-state index in [2.05, 4.69) is 22.2 Å². The van der Waals surface area contributed by atoms with E-state index in [1.165, 1.54) is 12.6 Å². The van der Waals surface area contributed by atoms with E-state index in [9.17, 15) is 4.79 Å². The highest BCUT2D eigenvalue weighted by molar-refractivity contribution is 6.29. The summed E-state index contributed by atoms with van der Waals surface area (Å²) < 4.78 is 0. The Kier molecular flexibility index (Phi) is 4.96. The molecular formula is C13H19ClN4O. The van der Waals surface area contributed by atoms with E-state index >= 15 is 0 Å². The van der Waals surface area contributed by atoms with Gasteiger partial charge in [0.15, 0.2) is 5.15 Å². The number of nitrogens with zero attached hydrogens (tertiary/aromatic N) is 3. The Labute approximate surface area is 118 Å². The highest BCUT2D eigenvalue weighted by Gasteiger charge is 2.21. The molecule has 0 unspecified atom stereocenters. The van der Waals surface area contributed by atoms with Gasteiger partial charge in [0.2, 0.25) is 0 Å². The van der Waals surface area contributed by atoms with E-state index < -0.39 is 0 Å². The summed E-state index contributed by atoms with van der Waals surface area (Å²) >= 11 is 5.89. The van der Waals surface area contributed by atoms with E-state index in [1.54, 1.807) is 6.20 Å². The second-order valence-electron chi connectivity index (χ2n) is 4.79. The molecule has 1 fully saturated rings. The summed E-state index contributed by atoms with van der Waals surface area (Å²) in [5.41, 5.74) is 0.598. The molecule has 0 radical (unpaired) electrons. The van der Waals surface area contributed by atoms with Crippen molar-refractivity contribution < 1.29 is 4.79 Å². The largest absolute Gasteiger partial charge is 0.332 e. The average Bonchev–Trinajstić information content (AvgIpc) is 2.46. The van der Waals surface area contributed by atoms with Crippen LogP contribution in [0.5, 0.6) is 0 Å². The van der Waals surface area contributed by atoms with E-state index in [0.717, 1.165) is 31.8 Å². The molecular weight excluding hydrogens is 264 g/mol. The van der Waals surface area contributed by atoms with Crippen LogP contribution in [0.2, 0.25) is 5.15 Å². The van der Waals surface area contributed by atoms with Crippen LogP contribution >= 0.6 is 11.6 Å². The Hall–Kier alpha value is -1.36. The molecule has 2 rings (SSSR count). The van der Waals surface area contributed by atoms with Crippen molar-refractivity contribution in [2.45, 2.75) is 32.7 Å². The Bertz CT molecular complexity index is 432. The van der Waals surface area contributed by atoms with Crippen molar-refractivity contribution in [3.63, 3.8) is 0 Å². The maximum absolute atomic E-state index is 12.0. The van der Waals surface area contributed by atoms with Gasteiger partial charge in [-0.25, -0.2) is 9.78 Å². The maximum atomic E-state index is 12.0. The molecule has 0 aliphatic carbocycles. The first-order chi connectivity index (χ1) is 9.20. The molecule has 1 aliphatic rings. The minimum absolute atomic E-state index is 0.0451. The summed E-state index contributed by atoms with van der Waals surface area (Å²) in [6.45, 7) is 4.19. The molecule has 104 valence electrons. The van der Waals surface area contributed by atoms with Crippen LogP contribution in [-0.4, -0.2) is 34.0 Å². The summed E-state index contributed by atoms with van der Waals surface area (Å²) in [6, 6.07) is -0.0451. The fraction of sp³-hybridized carbons (Fsp3) is 0.615. The first kappa shape index (κ1) is 14.1. The number of carbonyl (C=O) groups is 1. The predicted molar refractivity (Wildman–Crippen MR) is 73.9 cm³/mol. The molecule has 1 saturated heterocycles. The summed E-state index contributed by atoms with van der Waals surface area (Å²) in [4.78, 5) is 21.9. The lowest BCUT2D eigenvalue weighted by Crippen LogP contribution is -2.44. The van der Waals surface area contributed by atoms with Crippen molar-refractivity contribution >= 4 is 17.6 Å². The van der Waals surface area contributed by atoms with Gasteiger partial charge in [0.1, 0.15) is 0 Å². The van der Waals surface area contributed by atoms with Crippen molar-refractivity contribution in [2.24, 2.45) is 5.92 Å². The van der Waals surface area contributed by atoms with Gasteiger partial charge in [-0.2, -0.15) is 0 Å². The van der Waals surface area contributed by atoms with Gasteiger partial charge in [0.25, 0.3) is 0 Å². The summed E-state index contributed by atoms with van der Waals surface area (Å²) in [7, 11) is 0. The number of rotatable bonds is 3. The van der Waals surface area contributed by atoms with Crippen LogP contribution < -0.4 is 5.32 Å². The quantitative estimate of drug-likeness (QED) is 0.926. The topological polar surface area (TPSA) is 58.1 Å². The molecule has 1 N–H and O–H groups in total. The molecule has 2 amide bonds. The van der Waals surface area contributed by atoms with E-state index in [4.69, 9.17) is 11.6 Å². The van der Waals surface area contributed by atoms with Crippen LogP contribution in [0.1, 0.15) is 31.9 Å². The van der Waals surface area contributed by atoms with Crippen LogP contribution in [-0.2, 0) is 6.54 Å². The molecule has 0 bridgehead atoms. The van der Waals surface area contributed by atoms with Crippen molar-refractivity contribution in [1.82, 2.24) is 20.2 Å². The number of hydrogen-bond donors (Lipinski definition) is 1. The second-order valence-corrected chi connectivity index (χ2v) is 5.15. The third kappa shape index (κ3) is 3.80. The molecule has 0 aromatic carbocycles. The SMILES string of the molecule is CCC1CCN(C(=O)NCc2nccnc2Cl)CC1. The van der Waals surface area contributed by atoms with Crippen LogP contribution in [0.3, 0.4) is 0 Å². The number of amides is 2. The first-order valence-corrected chi connectivity index (χ1v) is 7.06. The normalized spacial score (nSPS) is 16.4. The average molecular weight is 283 g/mol. The summed E-state index contributed by atoms with van der Waals surface area (Å²) in [6.07, 6.45) is 6.49. The zero-order chi connectivity index (χ0) is 13.7. The number of aromatic nitrogens is 2. The van der Waals surface area contributed by atoms with Crippen molar-refractivity contribution in [3.8, 4) is 0 Å². The van der Waals surface area contributed by atoms with Gasteiger partial charge in [-0.05, 0) is 18.8 Å². The van der Waals surface area contributed by atoms with Gasteiger partial charge in [-0.15, -0.1) is 0 Å². The summed E-state index contributed by atoms with van der Waals surface area (Å²) in [5.74, 6) is 0.762. The Morgan fingerprint density at radius 3 is 2.74 bits per heavy atom. The zero-order valence-corrected chi connectivity index (χ0v) is 11.9.